The number of amides is 1. The van der Waals surface area contributed by atoms with Crippen molar-refractivity contribution in [3.05, 3.63) is 0 Å². The van der Waals surface area contributed by atoms with E-state index in [0.29, 0.717) is 10.9 Å². The zero-order chi connectivity index (χ0) is 12.5. The molecule has 2 aliphatic carbocycles. The Balaban J connectivity index is 1.86. The van der Waals surface area contributed by atoms with Crippen LogP contribution in [0.1, 0.15) is 45.4 Å². The highest BCUT2D eigenvalue weighted by molar-refractivity contribution is 7.80. The summed E-state index contributed by atoms with van der Waals surface area (Å²) in [6.45, 7) is 3.07. The van der Waals surface area contributed by atoms with E-state index in [1.165, 1.54) is 19.3 Å². The van der Waals surface area contributed by atoms with Gasteiger partial charge in [0.1, 0.15) is 0 Å². The van der Waals surface area contributed by atoms with Crippen molar-refractivity contribution in [1.29, 1.82) is 0 Å². The normalized spacial score (nSPS) is 30.6. The summed E-state index contributed by atoms with van der Waals surface area (Å²) in [6, 6.07) is 0. The quantitative estimate of drug-likeness (QED) is 0.754. The summed E-state index contributed by atoms with van der Waals surface area (Å²) in [6.07, 6.45) is 6.54. The van der Waals surface area contributed by atoms with E-state index in [2.05, 4.69) is 12.2 Å². The van der Waals surface area contributed by atoms with Crippen LogP contribution in [0.4, 0.5) is 0 Å². The van der Waals surface area contributed by atoms with E-state index in [1.807, 2.05) is 0 Å². The number of carbonyl (C=O) groups is 1. The van der Waals surface area contributed by atoms with Crippen LogP contribution in [-0.4, -0.2) is 17.4 Å². The minimum absolute atomic E-state index is 0.0651. The van der Waals surface area contributed by atoms with E-state index in [1.54, 1.807) is 0 Å². The molecular formula is C13H22N2OS. The number of thiocarbonyl (C=S) groups is 1. The first kappa shape index (κ1) is 12.8. The highest BCUT2D eigenvalue weighted by Gasteiger charge is 2.46. The second-order valence-electron chi connectivity index (χ2n) is 5.68. The Hall–Kier alpha value is -0.640. The first-order valence-electron chi connectivity index (χ1n) is 6.64. The number of nitrogens with two attached hydrogens (primary N) is 1. The molecule has 0 spiro atoms. The molecule has 2 rings (SSSR count). The van der Waals surface area contributed by atoms with Crippen molar-refractivity contribution in [2.75, 3.05) is 6.54 Å². The molecule has 1 amide bonds. The Bertz CT molecular complexity index is 325. The molecule has 0 aliphatic heterocycles. The Morgan fingerprint density at radius 3 is 2.53 bits per heavy atom. The fourth-order valence-corrected chi connectivity index (χ4v) is 3.33. The van der Waals surface area contributed by atoms with Crippen LogP contribution in [0.25, 0.3) is 0 Å². The molecule has 0 radical (unpaired) electrons. The Kier molecular flexibility index (Phi) is 3.71. The van der Waals surface area contributed by atoms with Crippen molar-refractivity contribution < 1.29 is 4.79 Å². The van der Waals surface area contributed by atoms with Gasteiger partial charge in [-0.15, -0.1) is 0 Å². The third-order valence-corrected chi connectivity index (χ3v) is 5.07. The molecular weight excluding hydrogens is 232 g/mol. The third-order valence-electron chi connectivity index (χ3n) is 4.68. The highest BCUT2D eigenvalue weighted by Crippen LogP contribution is 2.41. The zero-order valence-electron chi connectivity index (χ0n) is 10.5. The van der Waals surface area contributed by atoms with Gasteiger partial charge in [0.05, 0.1) is 10.4 Å². The summed E-state index contributed by atoms with van der Waals surface area (Å²) in [4.78, 5) is 12.5. The van der Waals surface area contributed by atoms with Gasteiger partial charge in [0.2, 0.25) is 5.91 Å². The molecule has 2 unspecified atom stereocenters. The highest BCUT2D eigenvalue weighted by atomic mass is 32.1. The van der Waals surface area contributed by atoms with Crippen molar-refractivity contribution in [2.45, 2.75) is 45.4 Å². The largest absolute Gasteiger partial charge is 0.392 e. The molecule has 2 saturated carbocycles. The van der Waals surface area contributed by atoms with Gasteiger partial charge in [0.15, 0.2) is 0 Å². The van der Waals surface area contributed by atoms with Crippen LogP contribution in [-0.2, 0) is 4.79 Å². The zero-order valence-corrected chi connectivity index (χ0v) is 11.3. The van der Waals surface area contributed by atoms with E-state index in [4.69, 9.17) is 18.0 Å². The molecule has 0 bridgehead atoms. The molecule has 3 N–H and O–H groups in total. The first-order valence-corrected chi connectivity index (χ1v) is 7.05. The van der Waals surface area contributed by atoms with Crippen LogP contribution in [0, 0.1) is 17.3 Å². The lowest BCUT2D eigenvalue weighted by atomic mass is 9.68. The third kappa shape index (κ3) is 2.32. The Labute approximate surface area is 109 Å². The van der Waals surface area contributed by atoms with Crippen molar-refractivity contribution in [3.63, 3.8) is 0 Å². The average Bonchev–Trinajstić information content (AvgIpc) is 2.58. The second kappa shape index (κ2) is 4.92. The maximum Gasteiger partial charge on any atom is 0.233 e. The van der Waals surface area contributed by atoms with Crippen LogP contribution in [0.2, 0.25) is 0 Å². The van der Waals surface area contributed by atoms with Gasteiger partial charge in [-0.1, -0.05) is 38.4 Å². The molecule has 2 aliphatic rings. The van der Waals surface area contributed by atoms with Gasteiger partial charge in [0, 0.05) is 6.54 Å². The maximum atomic E-state index is 12.2. The van der Waals surface area contributed by atoms with Crippen molar-refractivity contribution in [2.24, 2.45) is 23.0 Å². The summed E-state index contributed by atoms with van der Waals surface area (Å²) < 4.78 is 0. The molecule has 96 valence electrons. The Morgan fingerprint density at radius 1 is 1.41 bits per heavy atom. The van der Waals surface area contributed by atoms with E-state index in [9.17, 15) is 4.79 Å². The Morgan fingerprint density at radius 2 is 2.12 bits per heavy atom. The summed E-state index contributed by atoms with van der Waals surface area (Å²) >= 11 is 5.05. The van der Waals surface area contributed by atoms with Gasteiger partial charge in [0.25, 0.3) is 0 Å². The van der Waals surface area contributed by atoms with Gasteiger partial charge in [-0.3, -0.25) is 4.79 Å². The van der Waals surface area contributed by atoms with Crippen LogP contribution >= 0.6 is 12.2 Å². The second-order valence-corrected chi connectivity index (χ2v) is 6.12. The van der Waals surface area contributed by atoms with Gasteiger partial charge in [-0.05, 0) is 31.1 Å². The number of nitrogens with one attached hydrogen (secondary N) is 1. The summed E-state index contributed by atoms with van der Waals surface area (Å²) in [5, 5.41) is 3.07. The van der Waals surface area contributed by atoms with E-state index >= 15 is 0 Å². The van der Waals surface area contributed by atoms with E-state index < -0.39 is 5.41 Å². The first-order chi connectivity index (χ1) is 8.06. The fourth-order valence-electron chi connectivity index (χ4n) is 3.03. The SMILES string of the molecule is CC1CCCC1CNC(=O)C1(C(N)=S)CCC1. The number of hydrogen-bond acceptors (Lipinski definition) is 2. The topological polar surface area (TPSA) is 55.1 Å². The van der Waals surface area contributed by atoms with E-state index in [0.717, 1.165) is 31.7 Å². The number of hydrogen-bond donors (Lipinski definition) is 2. The van der Waals surface area contributed by atoms with Crippen LogP contribution in [0.15, 0.2) is 0 Å². The van der Waals surface area contributed by atoms with Gasteiger partial charge >= 0.3 is 0 Å². The lowest BCUT2D eigenvalue weighted by molar-refractivity contribution is -0.131. The van der Waals surface area contributed by atoms with Gasteiger partial charge < -0.3 is 11.1 Å². The molecule has 0 saturated heterocycles. The van der Waals surface area contributed by atoms with Gasteiger partial charge in [-0.25, -0.2) is 0 Å². The minimum Gasteiger partial charge on any atom is -0.392 e. The summed E-state index contributed by atoms with van der Waals surface area (Å²) in [7, 11) is 0. The lowest BCUT2D eigenvalue weighted by Gasteiger charge is -2.39. The van der Waals surface area contributed by atoms with Crippen LogP contribution in [0.5, 0.6) is 0 Å². The predicted octanol–water partition coefficient (Wildman–Crippen LogP) is 2.00. The van der Waals surface area contributed by atoms with Crippen LogP contribution < -0.4 is 11.1 Å². The average molecular weight is 254 g/mol. The lowest BCUT2D eigenvalue weighted by Crippen LogP contribution is -2.53. The number of carbonyl (C=O) groups excluding carboxylic acids is 1. The summed E-state index contributed by atoms with van der Waals surface area (Å²) in [5.74, 6) is 1.44. The molecule has 17 heavy (non-hydrogen) atoms. The standard InChI is InChI=1S/C13H22N2OS/c1-9-4-2-5-10(9)8-15-12(16)13(11(14)17)6-3-7-13/h9-10H,2-8H2,1H3,(H2,14,17)(H,15,16). The monoisotopic (exact) mass is 254 g/mol. The molecule has 2 atom stereocenters. The molecule has 0 aromatic heterocycles. The molecule has 2 fully saturated rings. The smallest absolute Gasteiger partial charge is 0.233 e. The molecule has 0 aromatic rings. The van der Waals surface area contributed by atoms with Crippen LogP contribution in [0.3, 0.4) is 0 Å². The molecule has 0 heterocycles. The predicted molar refractivity (Wildman–Crippen MR) is 72.6 cm³/mol. The summed E-state index contributed by atoms with van der Waals surface area (Å²) in [5.41, 5.74) is 5.20. The maximum absolute atomic E-state index is 12.2. The van der Waals surface area contributed by atoms with Crippen molar-refractivity contribution >= 4 is 23.1 Å². The van der Waals surface area contributed by atoms with Crippen molar-refractivity contribution in [3.8, 4) is 0 Å². The van der Waals surface area contributed by atoms with Gasteiger partial charge in [-0.2, -0.15) is 0 Å². The number of rotatable bonds is 4. The van der Waals surface area contributed by atoms with E-state index in [-0.39, 0.29) is 5.91 Å². The molecule has 0 aromatic carbocycles. The minimum atomic E-state index is -0.517. The fraction of sp³-hybridized carbons (Fsp3) is 0.846. The molecule has 4 heteroatoms. The van der Waals surface area contributed by atoms with Crippen molar-refractivity contribution in [1.82, 2.24) is 5.32 Å². The molecule has 3 nitrogen and oxygen atoms in total.